The number of carbonyl (C=O) groups is 1. The molecule has 1 atom stereocenters. The smallest absolute Gasteiger partial charge is 0.306 e. The van der Waals surface area contributed by atoms with Gasteiger partial charge in [0.25, 0.3) is 0 Å². The van der Waals surface area contributed by atoms with Crippen LogP contribution in [-0.2, 0) is 4.79 Å². The van der Waals surface area contributed by atoms with E-state index < -0.39 is 11.6 Å². The number of aliphatic hydroxyl groups is 2. The minimum absolute atomic E-state index is 0.0931. The number of aliphatic hydroxyl groups excluding tert-OH is 1. The molecule has 0 radical (unpaired) electrons. The monoisotopic (exact) mass is 400 g/mol. The Labute approximate surface area is 97.6 Å². The van der Waals surface area contributed by atoms with Crippen molar-refractivity contribution < 1.29 is 20.1 Å². The fraction of sp³-hybridized carbons (Fsp3) is 0.833. The normalized spacial score (nSPS) is 16.1. The predicted octanol–water partition coefficient (Wildman–Crippen LogP) is 0.771. The fourth-order valence-electron chi connectivity index (χ4n) is 0.730. The third-order valence-corrected chi connectivity index (χ3v) is 3.73. The zero-order valence-corrected chi connectivity index (χ0v) is 10.5. The Morgan fingerprint density at radius 2 is 2.00 bits per heavy atom. The number of hydrogen-bond acceptors (Lipinski definition) is 3. The maximum Gasteiger partial charge on any atom is 0.306 e. The van der Waals surface area contributed by atoms with Crippen molar-refractivity contribution in [1.82, 2.24) is 0 Å². The lowest BCUT2D eigenvalue weighted by Crippen LogP contribution is -2.38. The summed E-state index contributed by atoms with van der Waals surface area (Å²) in [5.74, 6) is -1.05. The van der Waals surface area contributed by atoms with E-state index in [9.17, 15) is 9.90 Å². The van der Waals surface area contributed by atoms with Gasteiger partial charge in [0.05, 0.1) is 14.0 Å². The van der Waals surface area contributed by atoms with Crippen LogP contribution in [0.4, 0.5) is 0 Å². The third-order valence-electron chi connectivity index (χ3n) is 1.41. The molecular formula is C6H10I2O4. The van der Waals surface area contributed by atoms with Crippen molar-refractivity contribution in [1.29, 1.82) is 0 Å². The van der Waals surface area contributed by atoms with Gasteiger partial charge < -0.3 is 15.3 Å². The molecule has 4 nitrogen and oxygen atoms in total. The summed E-state index contributed by atoms with van der Waals surface area (Å²) in [6.07, 6.45) is -0.236. The highest BCUT2D eigenvalue weighted by Crippen LogP contribution is 2.30. The van der Waals surface area contributed by atoms with Crippen LogP contribution in [0.5, 0.6) is 0 Å². The Bertz CT molecular complexity index is 162. The van der Waals surface area contributed by atoms with Gasteiger partial charge in [-0.3, -0.25) is 4.79 Å². The molecule has 0 aromatic carbocycles. The van der Waals surface area contributed by atoms with E-state index >= 15 is 0 Å². The molecule has 0 spiro atoms. The van der Waals surface area contributed by atoms with Crippen molar-refractivity contribution in [2.45, 2.75) is 20.4 Å². The van der Waals surface area contributed by atoms with E-state index in [2.05, 4.69) is 0 Å². The van der Waals surface area contributed by atoms with Crippen LogP contribution in [0.3, 0.4) is 0 Å². The van der Waals surface area contributed by atoms with E-state index in [1.54, 1.807) is 0 Å². The summed E-state index contributed by atoms with van der Waals surface area (Å²) >= 11 is 3.88. The maximum absolute atomic E-state index is 10.3. The Morgan fingerprint density at radius 3 is 2.25 bits per heavy atom. The standard InChI is InChI=1S/C6H10I2O4/c7-5(8)6(12,1-2-9)3-4(10)11/h5,9,12H,1-3H2,(H,10,11)/t6-/m1/s1. The molecule has 0 aliphatic heterocycles. The van der Waals surface area contributed by atoms with Gasteiger partial charge in [0.2, 0.25) is 0 Å². The zero-order valence-electron chi connectivity index (χ0n) is 6.20. The molecule has 6 heteroatoms. The van der Waals surface area contributed by atoms with Gasteiger partial charge >= 0.3 is 5.97 Å². The van der Waals surface area contributed by atoms with Crippen molar-refractivity contribution in [3.63, 3.8) is 0 Å². The number of hydrogen-bond donors (Lipinski definition) is 3. The molecule has 0 aliphatic carbocycles. The molecule has 0 saturated heterocycles. The summed E-state index contributed by atoms with van der Waals surface area (Å²) < 4.78 is -0.226. The maximum atomic E-state index is 10.3. The molecular weight excluding hydrogens is 390 g/mol. The Balaban J connectivity index is 4.28. The van der Waals surface area contributed by atoms with Gasteiger partial charge in [0.15, 0.2) is 0 Å². The van der Waals surface area contributed by atoms with Gasteiger partial charge in [-0.05, 0) is 0 Å². The van der Waals surface area contributed by atoms with Gasteiger partial charge in [-0.1, -0.05) is 45.2 Å². The summed E-state index contributed by atoms with van der Waals surface area (Å²) in [5.41, 5.74) is -1.30. The first-order valence-corrected chi connectivity index (χ1v) is 5.74. The highest BCUT2D eigenvalue weighted by atomic mass is 127. The summed E-state index contributed by atoms with van der Waals surface area (Å²) in [4.78, 5) is 10.3. The average Bonchev–Trinajstić information content (AvgIpc) is 1.85. The molecule has 0 aromatic rings. The lowest BCUT2D eigenvalue weighted by Gasteiger charge is -2.27. The van der Waals surface area contributed by atoms with Crippen LogP contribution in [0.1, 0.15) is 12.8 Å². The summed E-state index contributed by atoms with van der Waals surface area (Å²) in [7, 11) is 0. The Kier molecular flexibility index (Phi) is 5.95. The minimum atomic E-state index is -1.30. The molecule has 0 aliphatic rings. The lowest BCUT2D eigenvalue weighted by atomic mass is 9.99. The Hall–Kier alpha value is 0.850. The SMILES string of the molecule is O=C(O)C[C@](O)(CCO)C(I)I. The van der Waals surface area contributed by atoms with Gasteiger partial charge in [-0.15, -0.1) is 0 Å². The van der Waals surface area contributed by atoms with Crippen LogP contribution in [0, 0.1) is 0 Å². The van der Waals surface area contributed by atoms with E-state index in [4.69, 9.17) is 10.2 Å². The quantitative estimate of drug-likeness (QED) is 0.471. The van der Waals surface area contributed by atoms with Gasteiger partial charge in [-0.2, -0.15) is 0 Å². The van der Waals surface area contributed by atoms with Crippen LogP contribution < -0.4 is 0 Å². The summed E-state index contributed by atoms with van der Waals surface area (Å²) in [6.45, 7) is -0.202. The van der Waals surface area contributed by atoms with E-state index in [-0.39, 0.29) is 21.4 Å². The second-order valence-electron chi connectivity index (χ2n) is 2.45. The molecule has 0 rings (SSSR count). The van der Waals surface area contributed by atoms with Gasteiger partial charge in [0, 0.05) is 13.0 Å². The number of rotatable bonds is 5. The van der Waals surface area contributed by atoms with Crippen molar-refractivity contribution >= 4 is 51.2 Å². The average molecular weight is 400 g/mol. The van der Waals surface area contributed by atoms with Crippen LogP contribution in [0.15, 0.2) is 0 Å². The van der Waals surface area contributed by atoms with Crippen molar-refractivity contribution in [2.24, 2.45) is 0 Å². The van der Waals surface area contributed by atoms with Crippen LogP contribution in [-0.4, -0.2) is 35.4 Å². The molecule has 0 bridgehead atoms. The van der Waals surface area contributed by atoms with Gasteiger partial charge in [-0.25, -0.2) is 0 Å². The predicted molar refractivity (Wildman–Crippen MR) is 60.7 cm³/mol. The van der Waals surface area contributed by atoms with Crippen LogP contribution >= 0.6 is 45.2 Å². The molecule has 0 saturated carbocycles. The van der Waals surface area contributed by atoms with Crippen molar-refractivity contribution in [3.8, 4) is 0 Å². The van der Waals surface area contributed by atoms with Crippen LogP contribution in [0.2, 0.25) is 0 Å². The second kappa shape index (κ2) is 5.55. The van der Waals surface area contributed by atoms with Crippen molar-refractivity contribution in [3.05, 3.63) is 0 Å². The van der Waals surface area contributed by atoms with E-state index in [1.807, 2.05) is 45.2 Å². The Morgan fingerprint density at radius 1 is 1.50 bits per heavy atom. The topological polar surface area (TPSA) is 77.8 Å². The molecule has 0 fully saturated rings. The molecule has 72 valence electrons. The highest BCUT2D eigenvalue weighted by molar-refractivity contribution is 14.2. The summed E-state index contributed by atoms with van der Waals surface area (Å²) in [6, 6.07) is 0. The summed E-state index contributed by atoms with van der Waals surface area (Å²) in [5, 5.41) is 26.8. The number of alkyl halides is 2. The first-order chi connectivity index (χ1) is 5.42. The first kappa shape index (κ1) is 12.8. The van der Waals surface area contributed by atoms with Crippen molar-refractivity contribution in [2.75, 3.05) is 6.61 Å². The molecule has 3 N–H and O–H groups in total. The molecule has 0 heterocycles. The van der Waals surface area contributed by atoms with E-state index in [0.717, 1.165) is 0 Å². The lowest BCUT2D eigenvalue weighted by molar-refractivity contribution is -0.142. The molecule has 0 amide bonds. The third kappa shape index (κ3) is 4.19. The zero-order chi connectivity index (χ0) is 9.78. The van der Waals surface area contributed by atoms with Crippen LogP contribution in [0.25, 0.3) is 0 Å². The molecule has 0 aromatic heterocycles. The first-order valence-electron chi connectivity index (χ1n) is 3.25. The second-order valence-corrected chi connectivity index (χ2v) is 7.32. The highest BCUT2D eigenvalue weighted by Gasteiger charge is 2.35. The largest absolute Gasteiger partial charge is 0.481 e. The van der Waals surface area contributed by atoms with E-state index in [0.29, 0.717) is 0 Å². The molecule has 0 unspecified atom stereocenters. The molecule has 12 heavy (non-hydrogen) atoms. The number of carboxylic acids is 1. The van der Waals surface area contributed by atoms with Gasteiger partial charge in [0.1, 0.15) is 0 Å². The fourth-order valence-corrected chi connectivity index (χ4v) is 1.79. The number of carboxylic acid groups (broad SMARTS) is 1. The number of aliphatic carboxylic acids is 1. The minimum Gasteiger partial charge on any atom is -0.481 e. The number of halogens is 2. The van der Waals surface area contributed by atoms with E-state index in [1.165, 1.54) is 0 Å².